The molecule has 3 aromatic rings. The number of nitrogens with zero attached hydrogens (tertiary/aromatic N) is 2. The lowest BCUT2D eigenvalue weighted by atomic mass is 10.2. The zero-order valence-corrected chi connectivity index (χ0v) is 12.0. The smallest absolute Gasteiger partial charge is 0.188 e. The van der Waals surface area contributed by atoms with Crippen LogP contribution in [0.15, 0.2) is 42.5 Å². The third-order valence-corrected chi connectivity index (χ3v) is 3.93. The minimum Gasteiger partial charge on any atom is -0.376 e. The van der Waals surface area contributed by atoms with Gasteiger partial charge in [0.25, 0.3) is 0 Å². The van der Waals surface area contributed by atoms with Crippen molar-refractivity contribution in [1.29, 1.82) is 0 Å². The van der Waals surface area contributed by atoms with Gasteiger partial charge in [0.2, 0.25) is 0 Å². The van der Waals surface area contributed by atoms with Crippen molar-refractivity contribution >= 4 is 38.1 Å². The van der Waals surface area contributed by atoms with Gasteiger partial charge >= 0.3 is 0 Å². The highest BCUT2D eigenvalue weighted by Gasteiger charge is 2.08. The maximum atomic E-state index is 13.2. The van der Waals surface area contributed by atoms with E-state index in [-0.39, 0.29) is 5.82 Å². The van der Waals surface area contributed by atoms with Crippen molar-refractivity contribution in [3.63, 3.8) is 0 Å². The number of aromatic nitrogens is 1. The molecule has 1 heterocycles. The van der Waals surface area contributed by atoms with E-state index < -0.39 is 0 Å². The van der Waals surface area contributed by atoms with E-state index in [1.165, 1.54) is 23.5 Å². The number of benzene rings is 2. The van der Waals surface area contributed by atoms with Crippen molar-refractivity contribution in [2.75, 3.05) is 24.3 Å². The molecule has 1 N–H and O–H groups in total. The average Bonchev–Trinajstić information content (AvgIpc) is 2.80. The number of para-hydroxylation sites is 2. The Labute approximate surface area is 120 Å². The normalized spacial score (nSPS) is 10.8. The SMILES string of the molecule is CN(C)c1ccccc1Nc1nc2cc(F)ccc2s1. The van der Waals surface area contributed by atoms with Gasteiger partial charge in [0.15, 0.2) is 5.13 Å². The Kier molecular flexibility index (Phi) is 3.28. The lowest BCUT2D eigenvalue weighted by Crippen LogP contribution is -2.10. The molecule has 0 unspecified atom stereocenters. The summed E-state index contributed by atoms with van der Waals surface area (Å²) in [4.78, 5) is 6.46. The number of anilines is 3. The molecule has 0 radical (unpaired) electrons. The van der Waals surface area contributed by atoms with Gasteiger partial charge in [-0.25, -0.2) is 9.37 Å². The first-order valence-electron chi connectivity index (χ1n) is 6.23. The topological polar surface area (TPSA) is 28.2 Å². The van der Waals surface area contributed by atoms with E-state index >= 15 is 0 Å². The first-order chi connectivity index (χ1) is 9.63. The fourth-order valence-corrected chi connectivity index (χ4v) is 2.90. The van der Waals surface area contributed by atoms with Gasteiger partial charge < -0.3 is 10.2 Å². The summed E-state index contributed by atoms with van der Waals surface area (Å²) < 4.78 is 14.1. The summed E-state index contributed by atoms with van der Waals surface area (Å²) >= 11 is 1.51. The van der Waals surface area contributed by atoms with E-state index in [4.69, 9.17) is 0 Å². The summed E-state index contributed by atoms with van der Waals surface area (Å²) in [5.41, 5.74) is 2.75. The molecule has 20 heavy (non-hydrogen) atoms. The van der Waals surface area contributed by atoms with E-state index in [1.807, 2.05) is 43.3 Å². The first-order valence-corrected chi connectivity index (χ1v) is 7.04. The van der Waals surface area contributed by atoms with Crippen molar-refractivity contribution < 1.29 is 4.39 Å². The fourth-order valence-electron chi connectivity index (χ4n) is 2.04. The highest BCUT2D eigenvalue weighted by atomic mass is 32.1. The second-order valence-corrected chi connectivity index (χ2v) is 5.70. The lowest BCUT2D eigenvalue weighted by Gasteiger charge is -2.17. The monoisotopic (exact) mass is 287 g/mol. The summed E-state index contributed by atoms with van der Waals surface area (Å²) in [7, 11) is 3.99. The Hall–Kier alpha value is -2.14. The van der Waals surface area contributed by atoms with Gasteiger partial charge in [0.1, 0.15) is 5.82 Å². The highest BCUT2D eigenvalue weighted by molar-refractivity contribution is 7.22. The van der Waals surface area contributed by atoms with Gasteiger partial charge in [0.05, 0.1) is 21.6 Å². The standard InChI is InChI=1S/C15H14FN3S/c1-19(2)13-6-4-3-5-11(13)17-15-18-12-9-10(16)7-8-14(12)20-15/h3-9H,1-2H3,(H,17,18). The number of rotatable bonds is 3. The zero-order valence-electron chi connectivity index (χ0n) is 11.2. The van der Waals surface area contributed by atoms with Gasteiger partial charge in [-0.1, -0.05) is 23.5 Å². The van der Waals surface area contributed by atoms with Crippen molar-refractivity contribution in [2.45, 2.75) is 0 Å². The fraction of sp³-hybridized carbons (Fsp3) is 0.133. The molecule has 0 aliphatic carbocycles. The van der Waals surface area contributed by atoms with Crippen LogP contribution in [0.3, 0.4) is 0 Å². The van der Waals surface area contributed by atoms with Crippen LogP contribution in [-0.4, -0.2) is 19.1 Å². The summed E-state index contributed by atoms with van der Waals surface area (Å²) in [6, 6.07) is 12.7. The van der Waals surface area contributed by atoms with Crippen LogP contribution in [0.5, 0.6) is 0 Å². The molecule has 0 saturated heterocycles. The lowest BCUT2D eigenvalue weighted by molar-refractivity contribution is 0.629. The average molecular weight is 287 g/mol. The number of thiazole rings is 1. The van der Waals surface area contributed by atoms with Gasteiger partial charge in [-0.05, 0) is 24.3 Å². The Morgan fingerprint density at radius 1 is 1.15 bits per heavy atom. The third-order valence-electron chi connectivity index (χ3n) is 2.98. The summed E-state index contributed by atoms with van der Waals surface area (Å²) in [6.45, 7) is 0. The van der Waals surface area contributed by atoms with Crippen LogP contribution in [0.2, 0.25) is 0 Å². The maximum Gasteiger partial charge on any atom is 0.188 e. The summed E-state index contributed by atoms with van der Waals surface area (Å²) in [6.07, 6.45) is 0. The van der Waals surface area contributed by atoms with Crippen LogP contribution in [0, 0.1) is 5.82 Å². The Morgan fingerprint density at radius 2 is 1.95 bits per heavy atom. The first kappa shape index (κ1) is 12.9. The Balaban J connectivity index is 1.97. The molecule has 102 valence electrons. The zero-order chi connectivity index (χ0) is 14.1. The molecule has 0 aliphatic rings. The molecule has 3 nitrogen and oxygen atoms in total. The van der Waals surface area contributed by atoms with Gasteiger partial charge in [-0.2, -0.15) is 0 Å². The molecule has 1 aromatic heterocycles. The Bertz CT molecular complexity index is 752. The molecule has 0 saturated carbocycles. The largest absolute Gasteiger partial charge is 0.376 e. The molecule has 2 aromatic carbocycles. The van der Waals surface area contributed by atoms with E-state index in [2.05, 4.69) is 10.3 Å². The van der Waals surface area contributed by atoms with Crippen molar-refractivity contribution in [2.24, 2.45) is 0 Å². The molecule has 0 amide bonds. The number of halogens is 1. The van der Waals surface area contributed by atoms with E-state index in [1.54, 1.807) is 6.07 Å². The van der Waals surface area contributed by atoms with Crippen LogP contribution in [0.1, 0.15) is 0 Å². The third kappa shape index (κ3) is 2.44. The molecule has 0 aliphatic heterocycles. The van der Waals surface area contributed by atoms with Gasteiger partial charge in [-0.3, -0.25) is 0 Å². The predicted octanol–water partition coefficient (Wildman–Crippen LogP) is 4.25. The van der Waals surface area contributed by atoms with Crippen molar-refractivity contribution in [3.05, 3.63) is 48.3 Å². The number of nitrogens with one attached hydrogen (secondary N) is 1. The molecule has 3 rings (SSSR count). The van der Waals surface area contributed by atoms with Gasteiger partial charge in [-0.15, -0.1) is 0 Å². The van der Waals surface area contributed by atoms with Crippen molar-refractivity contribution in [1.82, 2.24) is 4.98 Å². The number of hydrogen-bond donors (Lipinski definition) is 1. The molecule has 0 spiro atoms. The highest BCUT2D eigenvalue weighted by Crippen LogP contribution is 2.32. The van der Waals surface area contributed by atoms with Crippen molar-refractivity contribution in [3.8, 4) is 0 Å². The quantitative estimate of drug-likeness (QED) is 0.780. The minimum absolute atomic E-state index is 0.261. The second-order valence-electron chi connectivity index (χ2n) is 4.67. The molecule has 0 bridgehead atoms. The number of fused-ring (bicyclic) bond motifs is 1. The van der Waals surface area contributed by atoms with Crippen LogP contribution >= 0.6 is 11.3 Å². The van der Waals surface area contributed by atoms with Crippen LogP contribution in [0.4, 0.5) is 20.9 Å². The number of hydrogen-bond acceptors (Lipinski definition) is 4. The van der Waals surface area contributed by atoms with Crippen LogP contribution < -0.4 is 10.2 Å². The minimum atomic E-state index is -0.261. The summed E-state index contributed by atoms with van der Waals surface area (Å²) in [5, 5.41) is 4.07. The molecular formula is C15H14FN3S. The van der Waals surface area contributed by atoms with E-state index in [0.29, 0.717) is 5.52 Å². The van der Waals surface area contributed by atoms with E-state index in [9.17, 15) is 4.39 Å². The van der Waals surface area contributed by atoms with Crippen LogP contribution in [-0.2, 0) is 0 Å². The molecule has 5 heteroatoms. The molecular weight excluding hydrogens is 273 g/mol. The van der Waals surface area contributed by atoms with E-state index in [0.717, 1.165) is 21.2 Å². The van der Waals surface area contributed by atoms with Gasteiger partial charge in [0, 0.05) is 20.2 Å². The second kappa shape index (κ2) is 5.09. The summed E-state index contributed by atoms with van der Waals surface area (Å²) in [5.74, 6) is -0.261. The Morgan fingerprint density at radius 3 is 2.75 bits per heavy atom. The molecule has 0 fully saturated rings. The van der Waals surface area contributed by atoms with Crippen LogP contribution in [0.25, 0.3) is 10.2 Å². The maximum absolute atomic E-state index is 13.2. The molecule has 0 atom stereocenters. The predicted molar refractivity (Wildman–Crippen MR) is 83.6 cm³/mol.